The lowest BCUT2D eigenvalue weighted by molar-refractivity contribution is -0.138. The van der Waals surface area contributed by atoms with Crippen LogP contribution in [0, 0.1) is 6.92 Å². The Morgan fingerprint density at radius 2 is 1.90 bits per heavy atom. The molecule has 1 atom stereocenters. The molecule has 0 radical (unpaired) electrons. The zero-order valence-electron chi connectivity index (χ0n) is 17.1. The largest absolute Gasteiger partial charge is 0.497 e. The highest BCUT2D eigenvalue weighted by molar-refractivity contribution is 5.81. The van der Waals surface area contributed by atoms with Gasteiger partial charge in [0.15, 0.2) is 6.10 Å². The van der Waals surface area contributed by atoms with Gasteiger partial charge in [-0.15, -0.1) is 0 Å². The molecule has 7 heteroatoms. The van der Waals surface area contributed by atoms with E-state index in [0.717, 1.165) is 16.9 Å². The first-order chi connectivity index (χ1) is 14.0. The molecule has 0 spiro atoms. The van der Waals surface area contributed by atoms with Crippen molar-refractivity contribution in [1.29, 1.82) is 0 Å². The lowest BCUT2D eigenvalue weighted by atomic mass is 10.2. The second-order valence-electron chi connectivity index (χ2n) is 6.71. The first-order valence-electron chi connectivity index (χ1n) is 9.46. The maximum absolute atomic E-state index is 12.8. The number of hydrogen-bond acceptors (Lipinski definition) is 6. The summed E-state index contributed by atoms with van der Waals surface area (Å²) in [4.78, 5) is 18.8. The van der Waals surface area contributed by atoms with E-state index in [1.54, 1.807) is 14.2 Å². The number of rotatable bonds is 8. The first kappa shape index (κ1) is 20.4. The predicted octanol–water partition coefficient (Wildman–Crippen LogP) is 3.87. The fourth-order valence-electron chi connectivity index (χ4n) is 2.85. The second-order valence-corrected chi connectivity index (χ2v) is 6.71. The van der Waals surface area contributed by atoms with Crippen LogP contribution in [0.15, 0.2) is 53.1 Å². The summed E-state index contributed by atoms with van der Waals surface area (Å²) in [6.07, 6.45) is -0.0246. The molecule has 0 saturated carbocycles. The number of amides is 1. The highest BCUT2D eigenvalue weighted by Crippen LogP contribution is 2.21. The smallest absolute Gasteiger partial charge is 0.263 e. The van der Waals surface area contributed by atoms with E-state index in [1.165, 1.54) is 4.90 Å². The summed E-state index contributed by atoms with van der Waals surface area (Å²) in [6.45, 7) is 4.08. The van der Waals surface area contributed by atoms with Crippen LogP contribution in [0.2, 0.25) is 0 Å². The average Bonchev–Trinajstić information content (AvgIpc) is 3.21. The monoisotopic (exact) mass is 395 g/mol. The van der Waals surface area contributed by atoms with Crippen LogP contribution in [0.4, 0.5) is 0 Å². The van der Waals surface area contributed by atoms with Gasteiger partial charge in [0.2, 0.25) is 11.7 Å². The summed E-state index contributed by atoms with van der Waals surface area (Å²) in [5, 5.41) is 4.00. The SMILES string of the molecule is CCC(Oc1ccccc1C)C(=O)N(C)Cc1nc(-c2ccc(OC)cc2)no1. The maximum atomic E-state index is 12.8. The third-order valence-corrected chi connectivity index (χ3v) is 4.57. The van der Waals surface area contributed by atoms with Crippen LogP contribution in [0.1, 0.15) is 24.8 Å². The Kier molecular flexibility index (Phi) is 6.49. The zero-order valence-corrected chi connectivity index (χ0v) is 17.1. The molecule has 1 amide bonds. The number of para-hydroxylation sites is 1. The lowest BCUT2D eigenvalue weighted by Gasteiger charge is -2.23. The van der Waals surface area contributed by atoms with Gasteiger partial charge in [-0.3, -0.25) is 4.79 Å². The molecule has 3 aromatic rings. The number of aromatic nitrogens is 2. The molecule has 1 heterocycles. The minimum Gasteiger partial charge on any atom is -0.497 e. The Morgan fingerprint density at radius 1 is 1.17 bits per heavy atom. The van der Waals surface area contributed by atoms with Crippen molar-refractivity contribution in [1.82, 2.24) is 15.0 Å². The van der Waals surface area contributed by atoms with E-state index in [0.29, 0.717) is 23.9 Å². The van der Waals surface area contributed by atoms with Gasteiger partial charge in [0.25, 0.3) is 5.91 Å². The van der Waals surface area contributed by atoms with E-state index >= 15 is 0 Å². The zero-order chi connectivity index (χ0) is 20.8. The Labute approximate surface area is 170 Å². The van der Waals surface area contributed by atoms with Gasteiger partial charge in [0.1, 0.15) is 11.5 Å². The van der Waals surface area contributed by atoms with Crippen LogP contribution in [-0.4, -0.2) is 41.2 Å². The highest BCUT2D eigenvalue weighted by Gasteiger charge is 2.24. The normalized spacial score (nSPS) is 11.7. The van der Waals surface area contributed by atoms with Crippen LogP contribution >= 0.6 is 0 Å². The van der Waals surface area contributed by atoms with Crippen molar-refractivity contribution in [3.63, 3.8) is 0 Å². The predicted molar refractivity (Wildman–Crippen MR) is 109 cm³/mol. The van der Waals surface area contributed by atoms with Crippen molar-refractivity contribution in [2.24, 2.45) is 0 Å². The molecule has 0 aliphatic heterocycles. The van der Waals surface area contributed by atoms with Crippen molar-refractivity contribution >= 4 is 5.91 Å². The molecule has 0 N–H and O–H groups in total. The molecule has 152 valence electrons. The number of methoxy groups -OCH3 is 1. The molecule has 0 aliphatic carbocycles. The third-order valence-electron chi connectivity index (χ3n) is 4.57. The van der Waals surface area contributed by atoms with Gasteiger partial charge < -0.3 is 18.9 Å². The standard InChI is InChI=1S/C22H25N3O4/c1-5-18(28-19-9-7-6-8-15(19)2)22(26)25(3)14-20-23-21(24-29-20)16-10-12-17(27-4)13-11-16/h6-13,18H,5,14H2,1-4H3. The fourth-order valence-corrected chi connectivity index (χ4v) is 2.85. The van der Waals surface area contributed by atoms with Gasteiger partial charge in [-0.25, -0.2) is 0 Å². The minimum atomic E-state index is -0.579. The van der Waals surface area contributed by atoms with Crippen molar-refractivity contribution < 1.29 is 18.8 Å². The molecule has 7 nitrogen and oxygen atoms in total. The van der Waals surface area contributed by atoms with Gasteiger partial charge in [-0.2, -0.15) is 4.98 Å². The molecule has 1 unspecified atom stereocenters. The molecule has 0 aliphatic rings. The van der Waals surface area contributed by atoms with Crippen molar-refractivity contribution in [3.8, 4) is 22.9 Å². The van der Waals surface area contributed by atoms with Crippen LogP contribution in [-0.2, 0) is 11.3 Å². The summed E-state index contributed by atoms with van der Waals surface area (Å²) in [5.74, 6) is 2.15. The summed E-state index contributed by atoms with van der Waals surface area (Å²) < 4.78 is 16.4. The number of ether oxygens (including phenoxy) is 2. The highest BCUT2D eigenvalue weighted by atomic mass is 16.5. The van der Waals surface area contributed by atoms with Crippen LogP contribution in [0.5, 0.6) is 11.5 Å². The van der Waals surface area contributed by atoms with E-state index in [-0.39, 0.29) is 12.5 Å². The summed E-state index contributed by atoms with van der Waals surface area (Å²) in [6, 6.07) is 15.0. The van der Waals surface area contributed by atoms with Crippen LogP contribution in [0.3, 0.4) is 0 Å². The van der Waals surface area contributed by atoms with Crippen LogP contribution < -0.4 is 9.47 Å². The van der Waals surface area contributed by atoms with Gasteiger partial charge in [-0.05, 0) is 49.2 Å². The number of nitrogens with zero attached hydrogens (tertiary/aromatic N) is 3. The van der Waals surface area contributed by atoms with Gasteiger partial charge >= 0.3 is 0 Å². The van der Waals surface area contributed by atoms with Crippen molar-refractivity contribution in [2.75, 3.05) is 14.2 Å². The summed E-state index contributed by atoms with van der Waals surface area (Å²) in [7, 11) is 3.31. The quantitative estimate of drug-likeness (QED) is 0.576. The second kappa shape index (κ2) is 9.23. The molecule has 3 rings (SSSR count). The van der Waals surface area contributed by atoms with Crippen molar-refractivity contribution in [2.45, 2.75) is 32.9 Å². The van der Waals surface area contributed by atoms with E-state index in [9.17, 15) is 4.79 Å². The molecule has 2 aromatic carbocycles. The van der Waals surface area contributed by atoms with Gasteiger partial charge in [0.05, 0.1) is 13.7 Å². The number of carbonyl (C=O) groups is 1. The van der Waals surface area contributed by atoms with Crippen LogP contribution in [0.25, 0.3) is 11.4 Å². The number of carbonyl (C=O) groups excluding carboxylic acids is 1. The van der Waals surface area contributed by atoms with Gasteiger partial charge in [0, 0.05) is 12.6 Å². The topological polar surface area (TPSA) is 77.7 Å². The molecule has 29 heavy (non-hydrogen) atoms. The third kappa shape index (κ3) is 4.93. The first-order valence-corrected chi connectivity index (χ1v) is 9.46. The van der Waals surface area contributed by atoms with E-state index in [2.05, 4.69) is 10.1 Å². The van der Waals surface area contributed by atoms with E-state index in [4.69, 9.17) is 14.0 Å². The summed E-state index contributed by atoms with van der Waals surface area (Å²) in [5.41, 5.74) is 1.80. The Balaban J connectivity index is 1.65. The maximum Gasteiger partial charge on any atom is 0.263 e. The minimum absolute atomic E-state index is 0.139. The molecular formula is C22H25N3O4. The Bertz CT molecular complexity index is 953. The average molecular weight is 395 g/mol. The van der Waals surface area contributed by atoms with Gasteiger partial charge in [-0.1, -0.05) is 30.3 Å². The van der Waals surface area contributed by atoms with E-state index in [1.807, 2.05) is 62.4 Å². The molecular weight excluding hydrogens is 370 g/mol. The Hall–Kier alpha value is -3.35. The summed E-state index contributed by atoms with van der Waals surface area (Å²) >= 11 is 0. The number of aryl methyl sites for hydroxylation is 1. The molecule has 1 aromatic heterocycles. The number of hydrogen-bond donors (Lipinski definition) is 0. The van der Waals surface area contributed by atoms with Crippen molar-refractivity contribution in [3.05, 3.63) is 60.0 Å². The van der Waals surface area contributed by atoms with E-state index < -0.39 is 6.10 Å². The number of likely N-dealkylation sites (N-methyl/N-ethyl adjacent to an activating group) is 1. The molecule has 0 saturated heterocycles. The lowest BCUT2D eigenvalue weighted by Crippen LogP contribution is -2.39. The fraction of sp³-hybridized carbons (Fsp3) is 0.318. The molecule has 0 bridgehead atoms. The molecule has 0 fully saturated rings. The number of benzene rings is 2. The Morgan fingerprint density at radius 3 is 2.55 bits per heavy atom.